The number of aromatic nitrogens is 2. The van der Waals surface area contributed by atoms with Gasteiger partial charge in [0.15, 0.2) is 0 Å². The van der Waals surface area contributed by atoms with Crippen molar-refractivity contribution in [1.29, 1.82) is 0 Å². The van der Waals surface area contributed by atoms with Gasteiger partial charge in [-0.2, -0.15) is 12.6 Å². The highest BCUT2D eigenvalue weighted by Crippen LogP contribution is 2.42. The molecule has 2 rings (SSSR count). The van der Waals surface area contributed by atoms with Crippen LogP contribution < -0.4 is 11.2 Å². The molecule has 0 bridgehead atoms. The highest BCUT2D eigenvalue weighted by atomic mass is 32.1. The van der Waals surface area contributed by atoms with Crippen molar-refractivity contribution < 1.29 is 4.92 Å². The van der Waals surface area contributed by atoms with Gasteiger partial charge in [-0.15, -0.1) is 0 Å². The van der Waals surface area contributed by atoms with Gasteiger partial charge in [0.2, 0.25) is 0 Å². The molecule has 0 radical (unpaired) electrons. The fourth-order valence-electron chi connectivity index (χ4n) is 2.68. The normalized spacial score (nSPS) is 16.5. The number of thiol groups is 1. The molecule has 1 heterocycles. The highest BCUT2D eigenvalue weighted by Gasteiger charge is 2.37. The molecule has 7 nitrogen and oxygen atoms in total. The zero-order valence-electron chi connectivity index (χ0n) is 11.9. The van der Waals surface area contributed by atoms with E-state index in [0.717, 1.165) is 30.0 Å². The van der Waals surface area contributed by atoms with E-state index in [1.807, 2.05) is 6.92 Å². The lowest BCUT2D eigenvalue weighted by Gasteiger charge is -2.40. The lowest BCUT2D eigenvalue weighted by molar-refractivity contribution is -0.387. The predicted octanol–water partition coefficient (Wildman–Crippen LogP) is 1.43. The maximum absolute atomic E-state index is 12.4. The van der Waals surface area contributed by atoms with E-state index in [2.05, 4.69) is 12.6 Å². The van der Waals surface area contributed by atoms with Gasteiger partial charge in [0, 0.05) is 13.1 Å². The van der Waals surface area contributed by atoms with Crippen LogP contribution in [0.4, 0.5) is 5.69 Å². The average Bonchev–Trinajstić information content (AvgIpc) is 2.40. The summed E-state index contributed by atoms with van der Waals surface area (Å²) in [5, 5.41) is 11.0. The van der Waals surface area contributed by atoms with Crippen molar-refractivity contribution in [2.24, 2.45) is 5.41 Å². The summed E-state index contributed by atoms with van der Waals surface area (Å²) in [5.74, 6) is 0.565. The van der Waals surface area contributed by atoms with Crippen LogP contribution in [-0.4, -0.2) is 19.8 Å². The molecule has 1 aromatic heterocycles. The molecule has 0 aromatic carbocycles. The SMILES string of the molecule is CCCn1cc([N+](=O)[O-])c(=O)n(CC2(CS)CCC2)c1=O. The molecule has 21 heavy (non-hydrogen) atoms. The second-order valence-corrected chi connectivity index (χ2v) is 5.97. The first kappa shape index (κ1) is 15.8. The van der Waals surface area contributed by atoms with Crippen LogP contribution in [0.25, 0.3) is 0 Å². The number of nitrogens with zero attached hydrogens (tertiary/aromatic N) is 3. The lowest BCUT2D eigenvalue weighted by Crippen LogP contribution is -2.47. The Hall–Kier alpha value is -1.57. The van der Waals surface area contributed by atoms with E-state index >= 15 is 0 Å². The first-order chi connectivity index (χ1) is 9.94. The molecule has 0 aliphatic heterocycles. The van der Waals surface area contributed by atoms with Gasteiger partial charge >= 0.3 is 16.9 Å². The van der Waals surface area contributed by atoms with E-state index in [1.165, 1.54) is 4.57 Å². The van der Waals surface area contributed by atoms with Gasteiger partial charge in [-0.1, -0.05) is 13.3 Å². The van der Waals surface area contributed by atoms with Crippen LogP contribution in [-0.2, 0) is 13.1 Å². The first-order valence-corrected chi connectivity index (χ1v) is 7.67. The van der Waals surface area contributed by atoms with E-state index in [0.29, 0.717) is 18.7 Å². The van der Waals surface area contributed by atoms with Gasteiger partial charge in [-0.3, -0.25) is 24.0 Å². The molecule has 116 valence electrons. The molecule has 0 N–H and O–H groups in total. The minimum atomic E-state index is -0.814. The molecule has 1 aliphatic carbocycles. The summed E-state index contributed by atoms with van der Waals surface area (Å²) in [6.07, 6.45) is 4.52. The fourth-order valence-corrected chi connectivity index (χ4v) is 3.10. The zero-order chi connectivity index (χ0) is 15.6. The molecule has 0 saturated heterocycles. The van der Waals surface area contributed by atoms with E-state index in [9.17, 15) is 19.7 Å². The fraction of sp³-hybridized carbons (Fsp3) is 0.692. The van der Waals surface area contributed by atoms with Crippen molar-refractivity contribution in [3.8, 4) is 0 Å². The molecule has 1 aliphatic rings. The van der Waals surface area contributed by atoms with Crippen LogP contribution in [0.3, 0.4) is 0 Å². The lowest BCUT2D eigenvalue weighted by atomic mass is 9.70. The minimum Gasteiger partial charge on any atom is -0.293 e. The number of hydrogen-bond acceptors (Lipinski definition) is 5. The molecule has 0 atom stereocenters. The Balaban J connectivity index is 2.55. The third-order valence-corrected chi connectivity index (χ3v) is 4.79. The third-order valence-electron chi connectivity index (χ3n) is 4.12. The molecular weight excluding hydrogens is 294 g/mol. The second kappa shape index (κ2) is 6.05. The van der Waals surface area contributed by atoms with Gasteiger partial charge < -0.3 is 0 Å². The Bertz CT molecular complexity index is 655. The van der Waals surface area contributed by atoms with Crippen LogP contribution in [0.15, 0.2) is 15.8 Å². The topological polar surface area (TPSA) is 87.1 Å². The third kappa shape index (κ3) is 2.90. The van der Waals surface area contributed by atoms with Crippen LogP contribution in [0.2, 0.25) is 0 Å². The molecular formula is C13H19N3O4S. The van der Waals surface area contributed by atoms with Gasteiger partial charge in [0.25, 0.3) is 0 Å². The number of rotatable bonds is 6. The van der Waals surface area contributed by atoms with Crippen molar-refractivity contribution in [3.63, 3.8) is 0 Å². The quantitative estimate of drug-likeness (QED) is 0.489. The van der Waals surface area contributed by atoms with Gasteiger partial charge in [0.05, 0.1) is 11.1 Å². The minimum absolute atomic E-state index is 0.189. The van der Waals surface area contributed by atoms with Gasteiger partial charge in [-0.25, -0.2) is 4.79 Å². The summed E-state index contributed by atoms with van der Waals surface area (Å²) >= 11 is 4.31. The van der Waals surface area contributed by atoms with E-state index in [4.69, 9.17) is 0 Å². The van der Waals surface area contributed by atoms with Crippen LogP contribution >= 0.6 is 12.6 Å². The summed E-state index contributed by atoms with van der Waals surface area (Å²) in [7, 11) is 0. The van der Waals surface area contributed by atoms with Crippen molar-refractivity contribution in [2.45, 2.75) is 45.7 Å². The molecule has 1 aromatic rings. The van der Waals surface area contributed by atoms with E-state index < -0.39 is 21.9 Å². The van der Waals surface area contributed by atoms with Crippen LogP contribution in [0, 0.1) is 15.5 Å². The smallest absolute Gasteiger partial charge is 0.293 e. The maximum atomic E-state index is 12.4. The van der Waals surface area contributed by atoms with Crippen molar-refractivity contribution in [3.05, 3.63) is 37.1 Å². The molecule has 1 fully saturated rings. The summed E-state index contributed by atoms with van der Waals surface area (Å²) in [6.45, 7) is 2.43. The van der Waals surface area contributed by atoms with Gasteiger partial charge in [0.1, 0.15) is 0 Å². The Kier molecular flexibility index (Phi) is 4.55. The van der Waals surface area contributed by atoms with Crippen molar-refractivity contribution in [1.82, 2.24) is 9.13 Å². The maximum Gasteiger partial charge on any atom is 0.350 e. The Morgan fingerprint density at radius 1 is 1.43 bits per heavy atom. The van der Waals surface area contributed by atoms with E-state index in [1.54, 1.807) is 0 Å². The first-order valence-electron chi connectivity index (χ1n) is 7.03. The predicted molar refractivity (Wildman–Crippen MR) is 82.0 cm³/mol. The Morgan fingerprint density at radius 3 is 2.52 bits per heavy atom. The summed E-state index contributed by atoms with van der Waals surface area (Å²) in [5.41, 5.74) is -2.02. The average molecular weight is 313 g/mol. The summed E-state index contributed by atoms with van der Waals surface area (Å²) in [4.78, 5) is 34.9. The van der Waals surface area contributed by atoms with Crippen LogP contribution in [0.1, 0.15) is 32.6 Å². The Labute approximate surface area is 127 Å². The number of nitro groups is 1. The summed E-state index contributed by atoms with van der Waals surface area (Å²) < 4.78 is 2.27. The van der Waals surface area contributed by atoms with Crippen LogP contribution in [0.5, 0.6) is 0 Å². The number of aryl methyl sites for hydroxylation is 1. The zero-order valence-corrected chi connectivity index (χ0v) is 12.8. The monoisotopic (exact) mass is 313 g/mol. The van der Waals surface area contributed by atoms with E-state index in [-0.39, 0.29) is 12.0 Å². The van der Waals surface area contributed by atoms with Crippen molar-refractivity contribution >= 4 is 18.3 Å². The molecule has 8 heteroatoms. The number of hydrogen-bond donors (Lipinski definition) is 1. The molecule has 0 unspecified atom stereocenters. The standard InChI is InChI=1S/C13H19N3O4S/c1-2-6-14-7-10(16(19)20)11(17)15(12(14)18)8-13(9-21)4-3-5-13/h7,21H,2-6,8-9H2,1H3. The summed E-state index contributed by atoms with van der Waals surface area (Å²) in [6, 6.07) is 0. The largest absolute Gasteiger partial charge is 0.350 e. The second-order valence-electron chi connectivity index (χ2n) is 5.65. The Morgan fingerprint density at radius 2 is 2.10 bits per heavy atom. The molecule has 0 spiro atoms. The van der Waals surface area contributed by atoms with Gasteiger partial charge in [-0.05, 0) is 30.4 Å². The molecule has 1 saturated carbocycles. The molecule has 0 amide bonds. The van der Waals surface area contributed by atoms with Crippen molar-refractivity contribution in [2.75, 3.05) is 5.75 Å². The highest BCUT2D eigenvalue weighted by molar-refractivity contribution is 7.80.